The molecule has 64 valence electrons. The van der Waals surface area contributed by atoms with E-state index in [4.69, 9.17) is 0 Å². The van der Waals surface area contributed by atoms with E-state index in [0.29, 0.717) is 0 Å². The van der Waals surface area contributed by atoms with Crippen LogP contribution < -0.4 is 0 Å². The number of fused-ring (bicyclic) bond motifs is 1. The van der Waals surface area contributed by atoms with E-state index < -0.39 is 11.9 Å². The average molecular weight is 179 g/mol. The molecule has 0 fully saturated rings. The number of carbonyl (C=O) groups excluding carboxylic acids is 2. The van der Waals surface area contributed by atoms with Gasteiger partial charge in [0.2, 0.25) is 11.4 Å². The van der Waals surface area contributed by atoms with Crippen LogP contribution in [0.2, 0.25) is 0 Å². The van der Waals surface area contributed by atoms with Crippen LogP contribution in [0.15, 0.2) is 20.3 Å². The van der Waals surface area contributed by atoms with Gasteiger partial charge in [-0.2, -0.15) is 9.98 Å². The Kier molecular flexibility index (Phi) is 1.35. The molecular formula is C5HN5O3. The number of hydrogen-bond donors (Lipinski definition) is 0. The number of carbonyl (C=O) groups is 2. The number of amides is 3. The van der Waals surface area contributed by atoms with Crippen molar-refractivity contribution in [3.8, 4) is 0 Å². The fourth-order valence-electron chi connectivity index (χ4n) is 0.833. The highest BCUT2D eigenvalue weighted by Crippen LogP contribution is 2.02. The highest BCUT2D eigenvalue weighted by Gasteiger charge is 2.32. The standard InChI is InChI=1S/C5HN5O3/c11-4-3-2(10(13)9-8-4)1-6-5(12)7-3/h1H. The van der Waals surface area contributed by atoms with E-state index in [2.05, 4.69) is 20.3 Å². The first-order valence-electron chi connectivity index (χ1n) is 3.16. The Balaban J connectivity index is 2.60. The van der Waals surface area contributed by atoms with Crippen molar-refractivity contribution < 1.29 is 14.4 Å². The molecular weight excluding hydrogens is 178 g/mol. The van der Waals surface area contributed by atoms with Crippen LogP contribution in [-0.4, -0.2) is 34.4 Å². The maximum Gasteiger partial charge on any atom is 0.432 e. The van der Waals surface area contributed by atoms with Crippen LogP contribution >= 0.6 is 0 Å². The van der Waals surface area contributed by atoms with Crippen molar-refractivity contribution in [3.05, 3.63) is 5.21 Å². The van der Waals surface area contributed by atoms with E-state index in [0.717, 1.165) is 6.21 Å². The number of urea groups is 1. The van der Waals surface area contributed by atoms with Gasteiger partial charge in [0.1, 0.15) is 10.3 Å². The Labute approximate surface area is 70.6 Å². The quantitative estimate of drug-likeness (QED) is 0.368. The van der Waals surface area contributed by atoms with Crippen LogP contribution in [0.1, 0.15) is 0 Å². The molecule has 0 atom stereocenters. The molecule has 2 aliphatic rings. The van der Waals surface area contributed by atoms with Gasteiger partial charge in [-0.15, -0.1) is 4.85 Å². The summed E-state index contributed by atoms with van der Waals surface area (Å²) in [5, 5.41) is 16.8. The average Bonchev–Trinajstić information content (AvgIpc) is 2.12. The van der Waals surface area contributed by atoms with Crippen LogP contribution in [0, 0.1) is 5.21 Å². The van der Waals surface area contributed by atoms with Crippen molar-refractivity contribution >= 4 is 29.6 Å². The first-order valence-corrected chi connectivity index (χ1v) is 3.16. The molecule has 2 rings (SSSR count). The SMILES string of the molecule is O=C1N=CC2=[N+]([O-])N=NC(=O)C2=N1. The summed E-state index contributed by atoms with van der Waals surface area (Å²) in [5.74, 6) is -0.818. The topological polar surface area (TPSA) is 110 Å². The molecule has 0 bridgehead atoms. The number of rotatable bonds is 0. The number of hydrogen-bond acceptors (Lipinski definition) is 4. The number of aliphatic imine (C=N–C) groups is 2. The van der Waals surface area contributed by atoms with Crippen molar-refractivity contribution in [3.63, 3.8) is 0 Å². The van der Waals surface area contributed by atoms with E-state index in [1.807, 2.05) is 0 Å². The third-order valence-corrected chi connectivity index (χ3v) is 1.37. The van der Waals surface area contributed by atoms with Crippen molar-refractivity contribution in [2.45, 2.75) is 0 Å². The summed E-state index contributed by atoms with van der Waals surface area (Å²) in [5.41, 5.74) is -0.482. The molecule has 0 unspecified atom stereocenters. The van der Waals surface area contributed by atoms with Crippen molar-refractivity contribution in [2.24, 2.45) is 20.3 Å². The largest absolute Gasteiger partial charge is 0.691 e. The highest BCUT2D eigenvalue weighted by molar-refractivity contribution is 6.78. The molecule has 0 aromatic rings. The zero-order chi connectivity index (χ0) is 9.42. The molecule has 2 heterocycles. The zero-order valence-corrected chi connectivity index (χ0v) is 6.04. The summed E-state index contributed by atoms with van der Waals surface area (Å²) >= 11 is 0. The van der Waals surface area contributed by atoms with Crippen molar-refractivity contribution in [1.29, 1.82) is 0 Å². The van der Waals surface area contributed by atoms with E-state index in [1.165, 1.54) is 0 Å². The van der Waals surface area contributed by atoms with E-state index in [1.54, 1.807) is 0 Å². The van der Waals surface area contributed by atoms with Gasteiger partial charge in [-0.3, -0.25) is 0 Å². The lowest BCUT2D eigenvalue weighted by Gasteiger charge is -2.08. The molecule has 0 N–H and O–H groups in total. The van der Waals surface area contributed by atoms with E-state index in [9.17, 15) is 14.8 Å². The van der Waals surface area contributed by atoms with Crippen LogP contribution in [0.25, 0.3) is 0 Å². The van der Waals surface area contributed by atoms with E-state index >= 15 is 0 Å². The van der Waals surface area contributed by atoms with Crippen LogP contribution in [0.5, 0.6) is 0 Å². The molecule has 2 aliphatic heterocycles. The smallest absolute Gasteiger partial charge is 0.432 e. The normalized spacial score (nSPS) is 20.5. The minimum Gasteiger partial charge on any atom is -0.691 e. The Bertz CT molecular complexity index is 429. The van der Waals surface area contributed by atoms with Gasteiger partial charge in [-0.25, -0.2) is 9.59 Å². The second kappa shape index (κ2) is 2.37. The molecule has 0 saturated carbocycles. The molecule has 0 radical (unpaired) electrons. The van der Waals surface area contributed by atoms with Gasteiger partial charge in [0, 0.05) is 0 Å². The Hall–Kier alpha value is -2.25. The second-order valence-electron chi connectivity index (χ2n) is 2.15. The van der Waals surface area contributed by atoms with Gasteiger partial charge in [0.15, 0.2) is 0 Å². The molecule has 0 aromatic carbocycles. The summed E-state index contributed by atoms with van der Waals surface area (Å²) < 4.78 is 0. The van der Waals surface area contributed by atoms with Gasteiger partial charge >= 0.3 is 11.9 Å². The summed E-state index contributed by atoms with van der Waals surface area (Å²) in [4.78, 5) is 28.1. The lowest BCUT2D eigenvalue weighted by molar-refractivity contribution is -0.468. The summed E-state index contributed by atoms with van der Waals surface area (Å²) in [6.07, 6.45) is 0.938. The Morgan fingerprint density at radius 3 is 2.92 bits per heavy atom. The summed E-state index contributed by atoms with van der Waals surface area (Å²) in [7, 11) is 0. The van der Waals surface area contributed by atoms with Gasteiger partial charge < -0.3 is 5.21 Å². The molecule has 8 heteroatoms. The van der Waals surface area contributed by atoms with Crippen molar-refractivity contribution in [2.75, 3.05) is 0 Å². The molecule has 13 heavy (non-hydrogen) atoms. The molecule has 0 spiro atoms. The third-order valence-electron chi connectivity index (χ3n) is 1.37. The Morgan fingerprint density at radius 1 is 1.38 bits per heavy atom. The van der Waals surface area contributed by atoms with Gasteiger partial charge in [-0.1, -0.05) is 0 Å². The predicted octanol–water partition coefficient (Wildman–Crippen LogP) is -0.510. The molecule has 0 aliphatic carbocycles. The van der Waals surface area contributed by atoms with Crippen LogP contribution in [0.4, 0.5) is 4.79 Å². The molecule has 8 nitrogen and oxygen atoms in total. The lowest BCUT2D eigenvalue weighted by atomic mass is 10.2. The highest BCUT2D eigenvalue weighted by atomic mass is 16.5. The van der Waals surface area contributed by atoms with Gasteiger partial charge in [0.25, 0.3) is 0 Å². The molecule has 0 aromatic heterocycles. The van der Waals surface area contributed by atoms with Crippen molar-refractivity contribution in [1.82, 2.24) is 0 Å². The monoisotopic (exact) mass is 179 g/mol. The van der Waals surface area contributed by atoms with Gasteiger partial charge in [0.05, 0.1) is 6.21 Å². The van der Waals surface area contributed by atoms with Crippen LogP contribution in [-0.2, 0) is 4.79 Å². The van der Waals surface area contributed by atoms with Crippen LogP contribution in [0.3, 0.4) is 0 Å². The van der Waals surface area contributed by atoms with Gasteiger partial charge in [-0.05, 0) is 0 Å². The first kappa shape index (κ1) is 7.40. The first-order chi connectivity index (χ1) is 6.18. The predicted molar refractivity (Wildman–Crippen MR) is 39.8 cm³/mol. The van der Waals surface area contributed by atoms with E-state index in [-0.39, 0.29) is 16.3 Å². The molecule has 0 saturated heterocycles. The zero-order valence-electron chi connectivity index (χ0n) is 6.04. The maximum atomic E-state index is 10.9. The summed E-state index contributed by atoms with van der Waals surface area (Å²) in [6.45, 7) is 0. The Morgan fingerprint density at radius 2 is 2.15 bits per heavy atom. The summed E-state index contributed by atoms with van der Waals surface area (Å²) in [6, 6.07) is -0.836. The second-order valence-corrected chi connectivity index (χ2v) is 2.15. The fourth-order valence-corrected chi connectivity index (χ4v) is 0.833. The maximum absolute atomic E-state index is 10.9. The fraction of sp³-hybridized carbons (Fsp3) is 0. The molecule has 3 amide bonds. The lowest BCUT2D eigenvalue weighted by Crippen LogP contribution is -2.35. The third kappa shape index (κ3) is 1.04. The number of nitrogens with zero attached hydrogens (tertiary/aromatic N) is 5. The minimum absolute atomic E-state index is 0.0795. The minimum atomic E-state index is -0.836.